The minimum atomic E-state index is -0.422. The summed E-state index contributed by atoms with van der Waals surface area (Å²) in [5.41, 5.74) is 2.73. The van der Waals surface area contributed by atoms with Crippen molar-refractivity contribution in [3.63, 3.8) is 0 Å². The average molecular weight is 306 g/mol. The molecular formula is C20H22N2O. The summed E-state index contributed by atoms with van der Waals surface area (Å²) < 4.78 is 0. The number of benzene rings is 2. The van der Waals surface area contributed by atoms with Gasteiger partial charge in [0, 0.05) is 18.0 Å². The zero-order chi connectivity index (χ0) is 16.3. The summed E-state index contributed by atoms with van der Waals surface area (Å²) in [6.45, 7) is 2.88. The molecule has 2 aromatic rings. The van der Waals surface area contributed by atoms with E-state index in [0.717, 1.165) is 30.5 Å². The van der Waals surface area contributed by atoms with E-state index in [9.17, 15) is 5.11 Å². The first kappa shape index (κ1) is 15.7. The predicted molar refractivity (Wildman–Crippen MR) is 90.6 cm³/mol. The van der Waals surface area contributed by atoms with Gasteiger partial charge in [-0.05, 0) is 43.0 Å². The summed E-state index contributed by atoms with van der Waals surface area (Å²) in [4.78, 5) is 0. The van der Waals surface area contributed by atoms with Crippen LogP contribution in [0.15, 0.2) is 54.6 Å². The molecule has 118 valence electrons. The van der Waals surface area contributed by atoms with Crippen LogP contribution in [-0.4, -0.2) is 11.7 Å². The monoisotopic (exact) mass is 306 g/mol. The molecule has 2 unspecified atom stereocenters. The molecule has 2 aromatic carbocycles. The van der Waals surface area contributed by atoms with Crippen molar-refractivity contribution < 1.29 is 5.11 Å². The lowest BCUT2D eigenvalue weighted by Gasteiger charge is -2.25. The minimum Gasteiger partial charge on any atom is -0.388 e. The van der Waals surface area contributed by atoms with Crippen LogP contribution >= 0.6 is 0 Å². The zero-order valence-electron chi connectivity index (χ0n) is 13.4. The minimum absolute atomic E-state index is 0.0531. The highest BCUT2D eigenvalue weighted by Crippen LogP contribution is 2.54. The first-order chi connectivity index (χ1) is 11.1. The number of hydrogen-bond acceptors (Lipinski definition) is 3. The van der Waals surface area contributed by atoms with Crippen LogP contribution in [0.3, 0.4) is 0 Å². The SMILES string of the molecule is CC(NCC1(C(O)c2ccccc2)CC1)c1cccc(C#N)c1. The second kappa shape index (κ2) is 6.54. The number of nitrogens with zero attached hydrogens (tertiary/aromatic N) is 1. The van der Waals surface area contributed by atoms with Crippen LogP contribution in [0.5, 0.6) is 0 Å². The quantitative estimate of drug-likeness (QED) is 0.855. The molecule has 0 amide bonds. The number of hydrogen-bond donors (Lipinski definition) is 2. The molecule has 0 bridgehead atoms. The number of nitrogens with one attached hydrogen (secondary N) is 1. The molecule has 0 aromatic heterocycles. The second-order valence-corrected chi connectivity index (χ2v) is 6.52. The van der Waals surface area contributed by atoms with Crippen LogP contribution in [0.2, 0.25) is 0 Å². The summed E-state index contributed by atoms with van der Waals surface area (Å²) in [5, 5.41) is 23.2. The fourth-order valence-electron chi connectivity index (χ4n) is 3.05. The third-order valence-corrected chi connectivity index (χ3v) is 4.86. The Morgan fingerprint density at radius 1 is 1.13 bits per heavy atom. The van der Waals surface area contributed by atoms with Gasteiger partial charge in [0.1, 0.15) is 0 Å². The number of rotatable bonds is 6. The summed E-state index contributed by atoms with van der Waals surface area (Å²) >= 11 is 0. The summed E-state index contributed by atoms with van der Waals surface area (Å²) in [6.07, 6.45) is 1.66. The standard InChI is InChI=1S/C20H22N2O/c1-15(18-9-5-6-16(12-18)13-21)22-14-20(10-11-20)19(23)17-7-3-2-4-8-17/h2-9,12,15,19,22-23H,10-11,14H2,1H3. The molecule has 3 nitrogen and oxygen atoms in total. The van der Waals surface area contributed by atoms with Crippen LogP contribution < -0.4 is 5.32 Å². The highest BCUT2D eigenvalue weighted by Gasteiger charge is 2.49. The molecule has 3 rings (SSSR count). The number of aliphatic hydroxyl groups is 1. The van der Waals surface area contributed by atoms with Gasteiger partial charge in [-0.25, -0.2) is 0 Å². The maximum Gasteiger partial charge on any atom is 0.0991 e. The van der Waals surface area contributed by atoms with Gasteiger partial charge in [-0.2, -0.15) is 5.26 Å². The Hall–Kier alpha value is -2.15. The predicted octanol–water partition coefficient (Wildman–Crippen LogP) is 3.72. The third kappa shape index (κ3) is 3.44. The van der Waals surface area contributed by atoms with Gasteiger partial charge in [-0.1, -0.05) is 42.5 Å². The highest BCUT2D eigenvalue weighted by atomic mass is 16.3. The molecule has 0 radical (unpaired) electrons. The van der Waals surface area contributed by atoms with Crippen molar-refractivity contribution >= 4 is 0 Å². The Balaban J connectivity index is 1.64. The molecule has 1 aliphatic rings. The lowest BCUT2D eigenvalue weighted by molar-refractivity contribution is 0.0903. The molecule has 0 aliphatic heterocycles. The molecule has 3 heteroatoms. The van der Waals surface area contributed by atoms with Crippen molar-refractivity contribution in [1.82, 2.24) is 5.32 Å². The van der Waals surface area contributed by atoms with E-state index >= 15 is 0 Å². The maximum absolute atomic E-state index is 10.7. The lowest BCUT2D eigenvalue weighted by atomic mass is 9.92. The van der Waals surface area contributed by atoms with E-state index in [0.29, 0.717) is 5.56 Å². The molecule has 0 heterocycles. The molecule has 0 spiro atoms. The van der Waals surface area contributed by atoms with Crippen molar-refractivity contribution in [3.8, 4) is 6.07 Å². The highest BCUT2D eigenvalue weighted by molar-refractivity contribution is 5.34. The van der Waals surface area contributed by atoms with Crippen molar-refractivity contribution in [1.29, 1.82) is 5.26 Å². The number of nitriles is 1. The Kier molecular flexibility index (Phi) is 4.47. The van der Waals surface area contributed by atoms with E-state index in [4.69, 9.17) is 5.26 Å². The van der Waals surface area contributed by atoms with E-state index in [1.165, 1.54) is 0 Å². The largest absolute Gasteiger partial charge is 0.388 e. The van der Waals surface area contributed by atoms with Crippen molar-refractivity contribution in [2.45, 2.75) is 31.9 Å². The van der Waals surface area contributed by atoms with Gasteiger partial charge < -0.3 is 10.4 Å². The van der Waals surface area contributed by atoms with Crippen molar-refractivity contribution in [2.75, 3.05) is 6.54 Å². The van der Waals surface area contributed by atoms with E-state index in [1.54, 1.807) is 0 Å². The fourth-order valence-corrected chi connectivity index (χ4v) is 3.05. The molecule has 0 saturated heterocycles. The molecule has 1 saturated carbocycles. The van der Waals surface area contributed by atoms with Crippen molar-refractivity contribution in [2.24, 2.45) is 5.41 Å². The summed E-state index contributed by atoms with van der Waals surface area (Å²) in [7, 11) is 0. The first-order valence-corrected chi connectivity index (χ1v) is 8.11. The number of aliphatic hydroxyl groups excluding tert-OH is 1. The fraction of sp³-hybridized carbons (Fsp3) is 0.350. The van der Waals surface area contributed by atoms with Gasteiger partial charge in [0.2, 0.25) is 0 Å². The molecule has 2 N–H and O–H groups in total. The van der Waals surface area contributed by atoms with Gasteiger partial charge >= 0.3 is 0 Å². The van der Waals surface area contributed by atoms with Crippen LogP contribution in [-0.2, 0) is 0 Å². The van der Waals surface area contributed by atoms with Gasteiger partial charge in [0.25, 0.3) is 0 Å². The molecule has 2 atom stereocenters. The van der Waals surface area contributed by atoms with Gasteiger partial charge in [0.05, 0.1) is 17.7 Å². The third-order valence-electron chi connectivity index (χ3n) is 4.86. The smallest absolute Gasteiger partial charge is 0.0991 e. The molecular weight excluding hydrogens is 284 g/mol. The van der Waals surface area contributed by atoms with Gasteiger partial charge in [-0.15, -0.1) is 0 Å². The van der Waals surface area contributed by atoms with Crippen LogP contribution in [0.1, 0.15) is 48.6 Å². The normalized spacial score (nSPS) is 18.0. The van der Waals surface area contributed by atoms with Crippen LogP contribution in [0.25, 0.3) is 0 Å². The molecule has 1 aliphatic carbocycles. The Labute approximate surface area is 137 Å². The molecule has 1 fully saturated rings. The molecule has 23 heavy (non-hydrogen) atoms. The van der Waals surface area contributed by atoms with E-state index in [-0.39, 0.29) is 11.5 Å². The van der Waals surface area contributed by atoms with Crippen molar-refractivity contribution in [3.05, 3.63) is 71.3 Å². The maximum atomic E-state index is 10.7. The summed E-state index contributed by atoms with van der Waals surface area (Å²) in [6, 6.07) is 19.9. The first-order valence-electron chi connectivity index (χ1n) is 8.11. The Bertz CT molecular complexity index is 701. The zero-order valence-corrected chi connectivity index (χ0v) is 13.4. The Morgan fingerprint density at radius 2 is 1.83 bits per heavy atom. The van der Waals surface area contributed by atoms with E-state index in [1.807, 2.05) is 54.6 Å². The van der Waals surface area contributed by atoms with Crippen LogP contribution in [0, 0.1) is 16.7 Å². The second-order valence-electron chi connectivity index (χ2n) is 6.52. The van der Waals surface area contributed by atoms with Gasteiger partial charge in [0.15, 0.2) is 0 Å². The average Bonchev–Trinajstić information content (AvgIpc) is 3.41. The lowest BCUT2D eigenvalue weighted by Crippen LogP contribution is -2.30. The Morgan fingerprint density at radius 3 is 2.48 bits per heavy atom. The topological polar surface area (TPSA) is 56.0 Å². The van der Waals surface area contributed by atoms with Gasteiger partial charge in [-0.3, -0.25) is 0 Å². The van der Waals surface area contributed by atoms with Crippen LogP contribution in [0.4, 0.5) is 0 Å². The summed E-state index contributed by atoms with van der Waals surface area (Å²) in [5.74, 6) is 0. The van der Waals surface area contributed by atoms with E-state index in [2.05, 4.69) is 18.3 Å². The van der Waals surface area contributed by atoms with E-state index < -0.39 is 6.10 Å².